The van der Waals surface area contributed by atoms with E-state index in [2.05, 4.69) is 30.3 Å². The lowest BCUT2D eigenvalue weighted by Crippen LogP contribution is -2.06. The van der Waals surface area contributed by atoms with Crippen LogP contribution >= 0.6 is 0 Å². The number of carbonyl (C=O) groups excluding carboxylic acids is 1. The van der Waals surface area contributed by atoms with Crippen molar-refractivity contribution in [3.8, 4) is 0 Å². The van der Waals surface area contributed by atoms with E-state index < -0.39 is 0 Å². The van der Waals surface area contributed by atoms with Crippen molar-refractivity contribution in [2.75, 3.05) is 0 Å². The van der Waals surface area contributed by atoms with Gasteiger partial charge < -0.3 is 0 Å². The third-order valence-corrected chi connectivity index (χ3v) is 3.52. The minimum absolute atomic E-state index is 0.482. The Kier molecular flexibility index (Phi) is 4.15. The zero-order valence-electron chi connectivity index (χ0n) is 9.82. The highest BCUT2D eigenvalue weighted by Crippen LogP contribution is 2.24. The Bertz CT molecular complexity index is 329. The van der Waals surface area contributed by atoms with Gasteiger partial charge in [0, 0.05) is 12.8 Å². The number of rotatable bonds is 3. The van der Waals surface area contributed by atoms with Crippen LogP contribution in [0.15, 0.2) is 30.3 Å². The van der Waals surface area contributed by atoms with E-state index in [1.165, 1.54) is 24.8 Å². The molecule has 86 valence electrons. The lowest BCUT2D eigenvalue weighted by molar-refractivity contribution is -0.119. The van der Waals surface area contributed by atoms with Crippen molar-refractivity contribution < 1.29 is 4.79 Å². The van der Waals surface area contributed by atoms with Gasteiger partial charge in [-0.15, -0.1) is 0 Å². The van der Waals surface area contributed by atoms with E-state index in [0.29, 0.717) is 11.7 Å². The molecule has 1 aliphatic carbocycles. The summed E-state index contributed by atoms with van der Waals surface area (Å²) in [6.07, 6.45) is 7.55. The molecule has 0 aromatic heterocycles. The van der Waals surface area contributed by atoms with E-state index in [9.17, 15) is 4.79 Å². The molecule has 0 radical (unpaired) electrons. The molecule has 0 amide bonds. The standard InChI is InChI=1S/C15H20O/c16-15-9-5-4-8-14(12-15)11-10-13-6-2-1-3-7-13/h1-3,6-7,14H,4-5,8-12H2. The highest BCUT2D eigenvalue weighted by atomic mass is 16.1. The smallest absolute Gasteiger partial charge is 0.133 e. The maximum Gasteiger partial charge on any atom is 0.133 e. The van der Waals surface area contributed by atoms with Gasteiger partial charge in [0.15, 0.2) is 0 Å². The number of aryl methyl sites for hydroxylation is 1. The fraction of sp³-hybridized carbons (Fsp3) is 0.533. The van der Waals surface area contributed by atoms with Gasteiger partial charge in [-0.2, -0.15) is 0 Å². The SMILES string of the molecule is O=C1CCCCC(CCc2ccccc2)C1. The monoisotopic (exact) mass is 216 g/mol. The molecule has 2 rings (SSSR count). The molecule has 1 saturated carbocycles. The van der Waals surface area contributed by atoms with Crippen LogP contribution in [0.25, 0.3) is 0 Å². The van der Waals surface area contributed by atoms with Crippen LogP contribution < -0.4 is 0 Å². The highest BCUT2D eigenvalue weighted by molar-refractivity contribution is 5.78. The normalized spacial score (nSPS) is 21.8. The Morgan fingerprint density at radius 1 is 1.12 bits per heavy atom. The van der Waals surface area contributed by atoms with Crippen LogP contribution in [0.1, 0.15) is 44.1 Å². The van der Waals surface area contributed by atoms with E-state index in [-0.39, 0.29) is 0 Å². The van der Waals surface area contributed by atoms with E-state index in [1.54, 1.807) is 0 Å². The summed E-state index contributed by atoms with van der Waals surface area (Å²) < 4.78 is 0. The summed E-state index contributed by atoms with van der Waals surface area (Å²) in [5, 5.41) is 0. The predicted molar refractivity (Wildman–Crippen MR) is 66.3 cm³/mol. The number of benzene rings is 1. The zero-order chi connectivity index (χ0) is 11.2. The van der Waals surface area contributed by atoms with E-state index in [1.807, 2.05) is 0 Å². The van der Waals surface area contributed by atoms with Crippen molar-refractivity contribution >= 4 is 5.78 Å². The molecule has 1 aromatic carbocycles. The van der Waals surface area contributed by atoms with Gasteiger partial charge in [-0.3, -0.25) is 4.79 Å². The first-order valence-corrected chi connectivity index (χ1v) is 6.40. The van der Waals surface area contributed by atoms with Crippen molar-refractivity contribution in [1.82, 2.24) is 0 Å². The number of ketones is 1. The number of Topliss-reactive ketones (excluding diaryl/α,β-unsaturated/α-hetero) is 1. The van der Waals surface area contributed by atoms with Crippen molar-refractivity contribution in [2.24, 2.45) is 5.92 Å². The van der Waals surface area contributed by atoms with Gasteiger partial charge in [-0.05, 0) is 37.2 Å². The molecule has 1 unspecified atom stereocenters. The molecule has 0 spiro atoms. The molecule has 1 heteroatoms. The second kappa shape index (κ2) is 5.83. The molecule has 0 bridgehead atoms. The topological polar surface area (TPSA) is 17.1 Å². The van der Waals surface area contributed by atoms with Crippen LogP contribution in [-0.4, -0.2) is 5.78 Å². The maximum absolute atomic E-state index is 11.5. The minimum Gasteiger partial charge on any atom is -0.300 e. The summed E-state index contributed by atoms with van der Waals surface area (Å²) in [6, 6.07) is 10.6. The maximum atomic E-state index is 11.5. The van der Waals surface area contributed by atoms with Crippen LogP contribution in [0.2, 0.25) is 0 Å². The van der Waals surface area contributed by atoms with Gasteiger partial charge in [-0.25, -0.2) is 0 Å². The Morgan fingerprint density at radius 2 is 1.94 bits per heavy atom. The molecule has 16 heavy (non-hydrogen) atoms. The van der Waals surface area contributed by atoms with Gasteiger partial charge in [0.05, 0.1) is 0 Å². The van der Waals surface area contributed by atoms with Crippen molar-refractivity contribution in [3.63, 3.8) is 0 Å². The first kappa shape index (κ1) is 11.4. The van der Waals surface area contributed by atoms with Crippen LogP contribution in [0.3, 0.4) is 0 Å². The summed E-state index contributed by atoms with van der Waals surface area (Å²) >= 11 is 0. The number of hydrogen-bond donors (Lipinski definition) is 0. The Balaban J connectivity index is 1.83. The van der Waals surface area contributed by atoms with Crippen LogP contribution in [0.4, 0.5) is 0 Å². The van der Waals surface area contributed by atoms with Crippen molar-refractivity contribution in [1.29, 1.82) is 0 Å². The molecule has 0 aliphatic heterocycles. The molecule has 1 fully saturated rings. The van der Waals surface area contributed by atoms with Gasteiger partial charge in [0.2, 0.25) is 0 Å². The minimum atomic E-state index is 0.482. The predicted octanol–water partition coefficient (Wildman–Crippen LogP) is 3.77. The molecule has 0 heterocycles. The molecule has 1 atom stereocenters. The molecule has 1 aromatic rings. The number of carbonyl (C=O) groups is 1. The second-order valence-corrected chi connectivity index (χ2v) is 4.88. The molecular weight excluding hydrogens is 196 g/mol. The molecule has 0 saturated heterocycles. The summed E-state index contributed by atoms with van der Waals surface area (Å²) in [5.41, 5.74) is 1.40. The highest BCUT2D eigenvalue weighted by Gasteiger charge is 2.17. The van der Waals surface area contributed by atoms with Crippen LogP contribution in [-0.2, 0) is 11.2 Å². The Labute approximate surface area is 97.9 Å². The van der Waals surface area contributed by atoms with Crippen molar-refractivity contribution in [2.45, 2.75) is 44.9 Å². The average molecular weight is 216 g/mol. The summed E-state index contributed by atoms with van der Waals surface area (Å²) in [4.78, 5) is 11.5. The van der Waals surface area contributed by atoms with Gasteiger partial charge in [-0.1, -0.05) is 36.8 Å². The second-order valence-electron chi connectivity index (χ2n) is 4.88. The average Bonchev–Trinajstić information content (AvgIpc) is 2.52. The summed E-state index contributed by atoms with van der Waals surface area (Å²) in [7, 11) is 0. The summed E-state index contributed by atoms with van der Waals surface area (Å²) in [6.45, 7) is 0. The Morgan fingerprint density at radius 3 is 2.75 bits per heavy atom. The molecular formula is C15H20O. The van der Waals surface area contributed by atoms with E-state index >= 15 is 0 Å². The molecule has 1 nitrogen and oxygen atoms in total. The van der Waals surface area contributed by atoms with Gasteiger partial charge in [0.1, 0.15) is 5.78 Å². The van der Waals surface area contributed by atoms with Gasteiger partial charge in [0.25, 0.3) is 0 Å². The fourth-order valence-corrected chi connectivity index (χ4v) is 2.54. The lowest BCUT2D eigenvalue weighted by atomic mass is 9.92. The quantitative estimate of drug-likeness (QED) is 0.703. The van der Waals surface area contributed by atoms with E-state index in [0.717, 1.165) is 25.7 Å². The first-order valence-electron chi connectivity index (χ1n) is 6.40. The zero-order valence-corrected chi connectivity index (χ0v) is 9.82. The fourth-order valence-electron chi connectivity index (χ4n) is 2.54. The third-order valence-electron chi connectivity index (χ3n) is 3.52. The van der Waals surface area contributed by atoms with E-state index in [4.69, 9.17) is 0 Å². The molecule has 0 N–H and O–H groups in total. The van der Waals surface area contributed by atoms with Crippen LogP contribution in [0, 0.1) is 5.92 Å². The lowest BCUT2D eigenvalue weighted by Gasteiger charge is -2.12. The largest absolute Gasteiger partial charge is 0.300 e. The first-order chi connectivity index (χ1) is 7.84. The Hall–Kier alpha value is -1.11. The number of hydrogen-bond acceptors (Lipinski definition) is 1. The van der Waals surface area contributed by atoms with Crippen molar-refractivity contribution in [3.05, 3.63) is 35.9 Å². The van der Waals surface area contributed by atoms with Crippen LogP contribution in [0.5, 0.6) is 0 Å². The molecule has 1 aliphatic rings. The third kappa shape index (κ3) is 3.48. The van der Waals surface area contributed by atoms with Gasteiger partial charge >= 0.3 is 0 Å². The summed E-state index contributed by atoms with van der Waals surface area (Å²) in [5.74, 6) is 1.12.